The minimum absolute atomic E-state index is 0.124. The van der Waals surface area contributed by atoms with Gasteiger partial charge >= 0.3 is 5.97 Å². The van der Waals surface area contributed by atoms with Crippen LogP contribution in [0.25, 0.3) is 0 Å². The molecule has 6 heteroatoms. The Bertz CT molecular complexity index is 780. The Morgan fingerprint density at radius 2 is 1.88 bits per heavy atom. The maximum atomic E-state index is 12.2. The van der Waals surface area contributed by atoms with E-state index in [0.717, 1.165) is 21.6 Å². The van der Waals surface area contributed by atoms with E-state index in [4.69, 9.17) is 9.47 Å². The topological polar surface area (TPSA) is 64.6 Å². The van der Waals surface area contributed by atoms with Crippen molar-refractivity contribution in [3.05, 3.63) is 45.3 Å². The number of thiophene rings is 1. The molecule has 1 N–H and O–H groups in total. The zero-order valence-corrected chi connectivity index (χ0v) is 15.3. The van der Waals surface area contributed by atoms with Crippen LogP contribution in [0.1, 0.15) is 31.9 Å². The summed E-state index contributed by atoms with van der Waals surface area (Å²) in [6, 6.07) is 5.83. The van der Waals surface area contributed by atoms with Gasteiger partial charge in [0.05, 0.1) is 12.7 Å². The standard InChI is InChI=1S/C18H21NO4S/c1-10-6-7-11(2)14(8-10)23-9-15(20)19-17-16(18(21)22-5)12(3)13(4)24-17/h6-8H,9H2,1-5H3,(H,19,20). The fourth-order valence-corrected chi connectivity index (χ4v) is 3.30. The molecule has 1 amide bonds. The van der Waals surface area contributed by atoms with Crippen LogP contribution < -0.4 is 10.1 Å². The number of hydrogen-bond donors (Lipinski definition) is 1. The van der Waals surface area contributed by atoms with Crippen LogP contribution in [0.2, 0.25) is 0 Å². The summed E-state index contributed by atoms with van der Waals surface area (Å²) in [7, 11) is 1.32. The highest BCUT2D eigenvalue weighted by molar-refractivity contribution is 7.16. The van der Waals surface area contributed by atoms with Gasteiger partial charge in [0.2, 0.25) is 0 Å². The number of hydrogen-bond acceptors (Lipinski definition) is 5. The molecule has 0 aliphatic rings. The SMILES string of the molecule is COC(=O)c1c(NC(=O)COc2cc(C)ccc2C)sc(C)c1C. The zero-order chi connectivity index (χ0) is 17.9. The molecule has 1 aromatic heterocycles. The number of methoxy groups -OCH3 is 1. The van der Waals surface area contributed by atoms with Crippen LogP contribution in [0.3, 0.4) is 0 Å². The molecule has 0 aliphatic heterocycles. The van der Waals surface area contributed by atoms with Crippen LogP contribution >= 0.6 is 11.3 Å². The van der Waals surface area contributed by atoms with Crippen LogP contribution in [0, 0.1) is 27.7 Å². The van der Waals surface area contributed by atoms with Crippen molar-refractivity contribution in [3.63, 3.8) is 0 Å². The predicted molar refractivity (Wildman–Crippen MR) is 95.2 cm³/mol. The quantitative estimate of drug-likeness (QED) is 0.836. The van der Waals surface area contributed by atoms with Crippen molar-refractivity contribution < 1.29 is 19.1 Å². The first-order valence-electron chi connectivity index (χ1n) is 7.51. The smallest absolute Gasteiger partial charge is 0.341 e. The van der Waals surface area contributed by atoms with Gasteiger partial charge in [-0.05, 0) is 50.5 Å². The predicted octanol–water partition coefficient (Wildman–Crippen LogP) is 3.79. The molecule has 0 aliphatic carbocycles. The van der Waals surface area contributed by atoms with Gasteiger partial charge in [0.1, 0.15) is 10.8 Å². The monoisotopic (exact) mass is 347 g/mol. The Morgan fingerprint density at radius 1 is 1.17 bits per heavy atom. The summed E-state index contributed by atoms with van der Waals surface area (Å²) in [5, 5.41) is 3.24. The Balaban J connectivity index is 2.09. The molecule has 0 fully saturated rings. The number of ether oxygens (including phenoxy) is 2. The van der Waals surface area contributed by atoms with Crippen molar-refractivity contribution in [3.8, 4) is 5.75 Å². The Morgan fingerprint density at radius 3 is 2.54 bits per heavy atom. The van der Waals surface area contributed by atoms with Crippen molar-refractivity contribution in [2.75, 3.05) is 19.0 Å². The third kappa shape index (κ3) is 3.94. The number of anilines is 1. The van der Waals surface area contributed by atoms with E-state index in [2.05, 4.69) is 5.32 Å². The zero-order valence-electron chi connectivity index (χ0n) is 14.5. The minimum Gasteiger partial charge on any atom is -0.483 e. The molecule has 2 aromatic rings. The summed E-state index contributed by atoms with van der Waals surface area (Å²) in [6.45, 7) is 7.50. The molecule has 0 unspecified atom stereocenters. The lowest BCUT2D eigenvalue weighted by molar-refractivity contribution is -0.118. The average Bonchev–Trinajstić information content (AvgIpc) is 2.81. The largest absolute Gasteiger partial charge is 0.483 e. The second kappa shape index (κ2) is 7.49. The fraction of sp³-hybridized carbons (Fsp3) is 0.333. The molecule has 2 rings (SSSR count). The molecule has 24 heavy (non-hydrogen) atoms. The van der Waals surface area contributed by atoms with Crippen LogP contribution in [-0.2, 0) is 9.53 Å². The van der Waals surface area contributed by atoms with E-state index in [9.17, 15) is 9.59 Å². The number of nitrogens with one attached hydrogen (secondary N) is 1. The van der Waals surface area contributed by atoms with E-state index in [-0.39, 0.29) is 12.5 Å². The molecule has 0 saturated carbocycles. The van der Waals surface area contributed by atoms with E-state index >= 15 is 0 Å². The van der Waals surface area contributed by atoms with Crippen molar-refractivity contribution in [1.82, 2.24) is 0 Å². The summed E-state index contributed by atoms with van der Waals surface area (Å²) in [5.74, 6) is -0.0956. The Kier molecular flexibility index (Phi) is 5.62. The normalized spacial score (nSPS) is 10.4. The van der Waals surface area contributed by atoms with E-state index in [1.165, 1.54) is 18.4 Å². The van der Waals surface area contributed by atoms with E-state index in [1.54, 1.807) is 0 Å². The number of aryl methyl sites for hydroxylation is 3. The third-order valence-corrected chi connectivity index (χ3v) is 4.85. The van der Waals surface area contributed by atoms with Crippen molar-refractivity contribution in [2.45, 2.75) is 27.7 Å². The van der Waals surface area contributed by atoms with Gasteiger partial charge in [0, 0.05) is 4.88 Å². The molecule has 0 atom stereocenters. The van der Waals surface area contributed by atoms with Crippen molar-refractivity contribution in [2.24, 2.45) is 0 Å². The molecule has 128 valence electrons. The van der Waals surface area contributed by atoms with Gasteiger partial charge in [0.25, 0.3) is 5.91 Å². The second-order valence-corrected chi connectivity index (χ2v) is 6.81. The lowest BCUT2D eigenvalue weighted by atomic mass is 10.1. The minimum atomic E-state index is -0.456. The number of esters is 1. The number of benzene rings is 1. The van der Waals surface area contributed by atoms with Gasteiger partial charge in [-0.2, -0.15) is 0 Å². The molecular formula is C18H21NO4S. The maximum absolute atomic E-state index is 12.2. The summed E-state index contributed by atoms with van der Waals surface area (Å²) < 4.78 is 10.4. The molecule has 0 spiro atoms. The van der Waals surface area contributed by atoms with Crippen LogP contribution in [0.15, 0.2) is 18.2 Å². The summed E-state index contributed by atoms with van der Waals surface area (Å²) >= 11 is 1.35. The highest BCUT2D eigenvalue weighted by Crippen LogP contribution is 2.32. The van der Waals surface area contributed by atoms with Crippen molar-refractivity contribution >= 4 is 28.2 Å². The summed E-state index contributed by atoms with van der Waals surface area (Å²) in [4.78, 5) is 25.1. The van der Waals surface area contributed by atoms with Crippen LogP contribution in [0.4, 0.5) is 5.00 Å². The highest BCUT2D eigenvalue weighted by Gasteiger charge is 2.21. The van der Waals surface area contributed by atoms with E-state index in [0.29, 0.717) is 16.3 Å². The van der Waals surface area contributed by atoms with Crippen molar-refractivity contribution in [1.29, 1.82) is 0 Å². The first-order chi connectivity index (χ1) is 11.3. The van der Waals surface area contributed by atoms with E-state index in [1.807, 2.05) is 45.9 Å². The third-order valence-electron chi connectivity index (χ3n) is 3.73. The number of amides is 1. The number of carbonyl (C=O) groups excluding carboxylic acids is 2. The average molecular weight is 347 g/mol. The maximum Gasteiger partial charge on any atom is 0.341 e. The summed E-state index contributed by atoms with van der Waals surface area (Å²) in [6.07, 6.45) is 0. The van der Waals surface area contributed by atoms with Gasteiger partial charge in [-0.1, -0.05) is 12.1 Å². The number of rotatable bonds is 5. The van der Waals surface area contributed by atoms with Gasteiger partial charge < -0.3 is 14.8 Å². The molecule has 5 nitrogen and oxygen atoms in total. The van der Waals surface area contributed by atoms with Crippen LogP contribution in [-0.4, -0.2) is 25.6 Å². The van der Waals surface area contributed by atoms with Gasteiger partial charge in [-0.3, -0.25) is 4.79 Å². The Labute approximate surface area is 145 Å². The molecular weight excluding hydrogens is 326 g/mol. The first-order valence-corrected chi connectivity index (χ1v) is 8.33. The van der Waals surface area contributed by atoms with E-state index < -0.39 is 5.97 Å². The molecule has 0 bridgehead atoms. The number of carbonyl (C=O) groups is 2. The first kappa shape index (κ1) is 18.0. The lowest BCUT2D eigenvalue weighted by Gasteiger charge is -2.10. The molecule has 1 heterocycles. The molecule has 1 aromatic carbocycles. The second-order valence-electron chi connectivity index (χ2n) is 5.58. The summed E-state index contributed by atoms with van der Waals surface area (Å²) in [5.41, 5.74) is 3.25. The van der Waals surface area contributed by atoms with Gasteiger partial charge in [-0.25, -0.2) is 4.79 Å². The van der Waals surface area contributed by atoms with Gasteiger partial charge in [-0.15, -0.1) is 11.3 Å². The lowest BCUT2D eigenvalue weighted by Crippen LogP contribution is -2.21. The van der Waals surface area contributed by atoms with Gasteiger partial charge in [0.15, 0.2) is 6.61 Å². The highest BCUT2D eigenvalue weighted by atomic mass is 32.1. The molecule has 0 radical (unpaired) electrons. The Hall–Kier alpha value is -2.34. The van der Waals surface area contributed by atoms with Crippen LogP contribution in [0.5, 0.6) is 5.75 Å². The fourth-order valence-electron chi connectivity index (χ4n) is 2.23. The molecule has 0 saturated heterocycles.